The summed E-state index contributed by atoms with van der Waals surface area (Å²) >= 11 is 0. The molecule has 0 fully saturated rings. The van der Waals surface area contributed by atoms with Crippen molar-refractivity contribution in [1.82, 2.24) is 15.0 Å². The largest absolute Gasteiger partial charge is 0.365 e. The van der Waals surface area contributed by atoms with Crippen molar-refractivity contribution in [3.8, 4) is 0 Å². The lowest BCUT2D eigenvalue weighted by Gasteiger charge is -2.12. The summed E-state index contributed by atoms with van der Waals surface area (Å²) in [5.41, 5.74) is 3.15. The first-order valence-electron chi connectivity index (χ1n) is 9.68. The molecule has 5 aromatic rings. The van der Waals surface area contributed by atoms with E-state index in [1.54, 1.807) is 24.5 Å². The molecule has 2 aromatic carbocycles. The van der Waals surface area contributed by atoms with E-state index in [9.17, 15) is 4.79 Å². The number of carbonyl (C=O) groups excluding carboxylic acids is 1. The van der Waals surface area contributed by atoms with E-state index in [-0.39, 0.29) is 5.91 Å². The number of nitrogens with one attached hydrogen (secondary N) is 3. The molecule has 0 unspecified atom stereocenters. The minimum Gasteiger partial charge on any atom is -0.365 e. The van der Waals surface area contributed by atoms with E-state index in [0.29, 0.717) is 17.9 Å². The molecule has 6 nitrogen and oxygen atoms in total. The predicted octanol–water partition coefficient (Wildman–Crippen LogP) is 4.98. The molecule has 0 bridgehead atoms. The van der Waals surface area contributed by atoms with Crippen molar-refractivity contribution in [2.24, 2.45) is 0 Å². The summed E-state index contributed by atoms with van der Waals surface area (Å²) in [4.78, 5) is 24.7. The lowest BCUT2D eigenvalue weighted by atomic mass is 10.1. The lowest BCUT2D eigenvalue weighted by Crippen LogP contribution is -2.15. The van der Waals surface area contributed by atoms with Crippen LogP contribution in [0, 0.1) is 0 Å². The summed E-state index contributed by atoms with van der Waals surface area (Å²) in [6.07, 6.45) is 5.31. The maximum absolute atomic E-state index is 12.9. The van der Waals surface area contributed by atoms with Gasteiger partial charge in [0.25, 0.3) is 5.91 Å². The maximum Gasteiger partial charge on any atom is 0.259 e. The number of aromatic amines is 1. The van der Waals surface area contributed by atoms with Crippen LogP contribution in [0.15, 0.2) is 85.3 Å². The highest BCUT2D eigenvalue weighted by Crippen LogP contribution is 2.22. The molecule has 30 heavy (non-hydrogen) atoms. The Morgan fingerprint density at radius 1 is 0.900 bits per heavy atom. The zero-order valence-electron chi connectivity index (χ0n) is 16.1. The normalized spacial score (nSPS) is 10.9. The molecule has 0 saturated heterocycles. The van der Waals surface area contributed by atoms with E-state index in [0.717, 1.165) is 33.1 Å². The molecule has 146 valence electrons. The molecular formula is C24H19N5O. The number of amides is 1. The van der Waals surface area contributed by atoms with Gasteiger partial charge < -0.3 is 15.6 Å². The average Bonchev–Trinajstić information content (AvgIpc) is 3.27. The second kappa shape index (κ2) is 7.67. The molecule has 1 amide bonds. The lowest BCUT2D eigenvalue weighted by molar-refractivity contribution is 0.102. The Balaban J connectivity index is 1.37. The number of aromatic nitrogens is 3. The van der Waals surface area contributed by atoms with E-state index in [2.05, 4.69) is 25.6 Å². The molecule has 0 aliphatic heterocycles. The van der Waals surface area contributed by atoms with Gasteiger partial charge in [-0.3, -0.25) is 4.79 Å². The molecule has 0 atom stereocenters. The Labute approximate surface area is 173 Å². The highest BCUT2D eigenvalue weighted by molar-refractivity contribution is 6.08. The van der Waals surface area contributed by atoms with Crippen LogP contribution < -0.4 is 10.6 Å². The summed E-state index contributed by atoms with van der Waals surface area (Å²) in [6.45, 7) is 0.532. The first kappa shape index (κ1) is 17.9. The van der Waals surface area contributed by atoms with Gasteiger partial charge in [0.2, 0.25) is 0 Å². The number of hydrogen-bond acceptors (Lipinski definition) is 4. The SMILES string of the molecule is O=C(Nc1ccc2ccccc2c1)c1cccnc1NCc1ccnc2[nH]ccc12. The van der Waals surface area contributed by atoms with Crippen molar-refractivity contribution in [3.05, 3.63) is 96.4 Å². The van der Waals surface area contributed by atoms with Crippen molar-refractivity contribution in [2.75, 3.05) is 10.6 Å². The van der Waals surface area contributed by atoms with Crippen LogP contribution in [0.1, 0.15) is 15.9 Å². The van der Waals surface area contributed by atoms with E-state index in [1.807, 2.05) is 60.8 Å². The van der Waals surface area contributed by atoms with Gasteiger partial charge in [-0.05, 0) is 52.7 Å². The van der Waals surface area contributed by atoms with Crippen molar-refractivity contribution in [1.29, 1.82) is 0 Å². The zero-order valence-corrected chi connectivity index (χ0v) is 16.1. The molecule has 0 aliphatic carbocycles. The van der Waals surface area contributed by atoms with Gasteiger partial charge in [-0.25, -0.2) is 9.97 Å². The Hall–Kier alpha value is -4.19. The fourth-order valence-electron chi connectivity index (χ4n) is 3.55. The van der Waals surface area contributed by atoms with Gasteiger partial charge in [0, 0.05) is 36.2 Å². The topological polar surface area (TPSA) is 82.7 Å². The number of anilines is 2. The van der Waals surface area contributed by atoms with Gasteiger partial charge in [-0.15, -0.1) is 0 Å². The Bertz CT molecular complexity index is 1360. The number of fused-ring (bicyclic) bond motifs is 2. The number of hydrogen-bond donors (Lipinski definition) is 3. The number of benzene rings is 2. The predicted molar refractivity (Wildman–Crippen MR) is 120 cm³/mol. The molecule has 0 spiro atoms. The summed E-state index contributed by atoms with van der Waals surface area (Å²) in [6, 6.07) is 21.4. The van der Waals surface area contributed by atoms with Crippen molar-refractivity contribution in [2.45, 2.75) is 6.54 Å². The third kappa shape index (κ3) is 3.46. The van der Waals surface area contributed by atoms with Crippen LogP contribution in [0.25, 0.3) is 21.8 Å². The van der Waals surface area contributed by atoms with Crippen LogP contribution in [0.4, 0.5) is 11.5 Å². The minimum atomic E-state index is -0.206. The van der Waals surface area contributed by atoms with Crippen LogP contribution in [-0.4, -0.2) is 20.9 Å². The molecule has 3 aromatic heterocycles. The average molecular weight is 393 g/mol. The summed E-state index contributed by atoms with van der Waals surface area (Å²) in [7, 11) is 0. The molecule has 0 saturated carbocycles. The second-order valence-electron chi connectivity index (χ2n) is 6.98. The minimum absolute atomic E-state index is 0.206. The third-order valence-electron chi connectivity index (χ3n) is 5.06. The van der Waals surface area contributed by atoms with Crippen LogP contribution >= 0.6 is 0 Å². The third-order valence-corrected chi connectivity index (χ3v) is 5.06. The fourth-order valence-corrected chi connectivity index (χ4v) is 3.55. The number of pyridine rings is 2. The van der Waals surface area contributed by atoms with Gasteiger partial charge in [-0.1, -0.05) is 30.3 Å². The standard InChI is InChI=1S/C24H19N5O/c30-24(29-19-8-7-16-4-1-2-5-17(16)14-19)21-6-3-11-25-23(21)28-15-18-9-12-26-22-20(18)10-13-27-22/h1-14H,15H2,(H,25,28)(H,26,27)(H,29,30). The van der Waals surface area contributed by atoms with Gasteiger partial charge in [0.1, 0.15) is 11.5 Å². The quantitative estimate of drug-likeness (QED) is 0.393. The molecule has 0 aliphatic rings. The van der Waals surface area contributed by atoms with Crippen LogP contribution in [0.2, 0.25) is 0 Å². The molecular weight excluding hydrogens is 374 g/mol. The fraction of sp³-hybridized carbons (Fsp3) is 0.0417. The number of H-pyrrole nitrogens is 1. The van der Waals surface area contributed by atoms with Crippen LogP contribution in [0.5, 0.6) is 0 Å². The van der Waals surface area contributed by atoms with Gasteiger partial charge >= 0.3 is 0 Å². The van der Waals surface area contributed by atoms with E-state index in [4.69, 9.17) is 0 Å². The zero-order chi connectivity index (χ0) is 20.3. The van der Waals surface area contributed by atoms with Gasteiger partial charge in [0.05, 0.1) is 5.56 Å². The van der Waals surface area contributed by atoms with Crippen molar-refractivity contribution >= 4 is 39.2 Å². The number of nitrogens with zero attached hydrogens (tertiary/aromatic N) is 2. The first-order valence-corrected chi connectivity index (χ1v) is 9.68. The van der Waals surface area contributed by atoms with E-state index >= 15 is 0 Å². The smallest absolute Gasteiger partial charge is 0.259 e. The Morgan fingerprint density at radius 2 is 1.80 bits per heavy atom. The van der Waals surface area contributed by atoms with Crippen LogP contribution in [0.3, 0.4) is 0 Å². The summed E-state index contributed by atoms with van der Waals surface area (Å²) < 4.78 is 0. The number of rotatable bonds is 5. The molecule has 6 heteroatoms. The highest BCUT2D eigenvalue weighted by Gasteiger charge is 2.13. The summed E-state index contributed by atoms with van der Waals surface area (Å²) in [5, 5.41) is 9.53. The molecule has 5 rings (SSSR count). The Kier molecular flexibility index (Phi) is 4.57. The van der Waals surface area contributed by atoms with Gasteiger partial charge in [-0.2, -0.15) is 0 Å². The number of carbonyl (C=O) groups is 1. The summed E-state index contributed by atoms with van der Waals surface area (Å²) in [5.74, 6) is 0.332. The van der Waals surface area contributed by atoms with E-state index < -0.39 is 0 Å². The molecule has 3 heterocycles. The molecule has 3 N–H and O–H groups in total. The molecule has 0 radical (unpaired) electrons. The monoisotopic (exact) mass is 393 g/mol. The van der Waals surface area contributed by atoms with Crippen LogP contribution in [-0.2, 0) is 6.54 Å². The highest BCUT2D eigenvalue weighted by atomic mass is 16.1. The van der Waals surface area contributed by atoms with Gasteiger partial charge in [0.15, 0.2) is 0 Å². The van der Waals surface area contributed by atoms with Crippen molar-refractivity contribution < 1.29 is 4.79 Å². The first-order chi connectivity index (χ1) is 14.8. The van der Waals surface area contributed by atoms with E-state index in [1.165, 1.54) is 0 Å². The maximum atomic E-state index is 12.9. The second-order valence-corrected chi connectivity index (χ2v) is 6.98. The van der Waals surface area contributed by atoms with Crippen molar-refractivity contribution in [3.63, 3.8) is 0 Å². The Morgan fingerprint density at radius 3 is 2.73 bits per heavy atom.